The van der Waals surface area contributed by atoms with Crippen LogP contribution in [0.4, 0.5) is 5.82 Å². The molecule has 0 saturated carbocycles. The van der Waals surface area contributed by atoms with Crippen molar-refractivity contribution in [3.63, 3.8) is 0 Å². The number of hydrogen-bond acceptors (Lipinski definition) is 8. The molecule has 0 unspecified atom stereocenters. The van der Waals surface area contributed by atoms with Gasteiger partial charge in [-0.15, -0.1) is 0 Å². The summed E-state index contributed by atoms with van der Waals surface area (Å²) in [6.45, 7) is 21.8. The number of nitrogens with zero attached hydrogens (tertiary/aromatic N) is 5. The summed E-state index contributed by atoms with van der Waals surface area (Å²) < 4.78 is 15.0. The first kappa shape index (κ1) is 34.0. The fourth-order valence-corrected chi connectivity index (χ4v) is 9.50. The number of ether oxygens (including phenoxy) is 2. The number of fused-ring (bicyclic) bond motifs is 1. The Hall–Kier alpha value is -0.521. The third kappa shape index (κ3) is 11.0. The number of piperidine rings is 1. The van der Waals surface area contributed by atoms with E-state index in [4.69, 9.17) is 19.4 Å². The quantitative estimate of drug-likeness (QED) is 0.253. The molecule has 3 aliphatic heterocycles. The molecule has 226 valence electrons. The van der Waals surface area contributed by atoms with Crippen LogP contribution in [-0.2, 0) is 16.0 Å². The van der Waals surface area contributed by atoms with Crippen molar-refractivity contribution in [1.82, 2.24) is 19.8 Å². The van der Waals surface area contributed by atoms with Gasteiger partial charge in [0.2, 0.25) is 0 Å². The van der Waals surface area contributed by atoms with Crippen LogP contribution in [-0.4, -0.2) is 113 Å². The molecular weight excluding hydrogens is 625 g/mol. The summed E-state index contributed by atoms with van der Waals surface area (Å²) in [6.07, 6.45) is 9.02. The molecule has 0 bridgehead atoms. The fraction of sp³-hybridized carbons (Fsp3) is 0.806. The molecule has 9 heteroatoms. The molecule has 2 radical (unpaired) electrons. The van der Waals surface area contributed by atoms with Gasteiger partial charge in [0.05, 0.1) is 13.2 Å². The summed E-state index contributed by atoms with van der Waals surface area (Å²) in [7, 11) is 0. The second kappa shape index (κ2) is 19.6. The molecule has 7 nitrogen and oxygen atoms in total. The maximum atomic E-state index is 5.61. The number of hydrogen-bond donors (Lipinski definition) is 0. The van der Waals surface area contributed by atoms with Gasteiger partial charge in [-0.1, -0.05) is 47.0 Å². The Morgan fingerprint density at radius 3 is 2.08 bits per heavy atom. The van der Waals surface area contributed by atoms with E-state index in [-0.39, 0.29) is 0 Å². The van der Waals surface area contributed by atoms with Gasteiger partial charge in [0.25, 0.3) is 0 Å². The molecule has 0 aliphatic carbocycles. The summed E-state index contributed by atoms with van der Waals surface area (Å²) in [5, 5.41) is 0. The average Bonchev–Trinajstić information content (AvgIpc) is 3.41. The van der Waals surface area contributed by atoms with Crippen molar-refractivity contribution in [3.05, 3.63) is 10.9 Å². The van der Waals surface area contributed by atoms with Gasteiger partial charge in [-0.2, -0.15) is 0 Å². The molecule has 0 spiro atoms. The van der Waals surface area contributed by atoms with E-state index in [0.29, 0.717) is 0 Å². The number of morpholine rings is 2. The summed E-state index contributed by atoms with van der Waals surface area (Å²) >= 11 is 1.21. The molecule has 5 heterocycles. The number of unbranched alkanes of at least 4 members (excludes halogenated alkanes) is 2. The van der Waals surface area contributed by atoms with Gasteiger partial charge in [0, 0.05) is 0 Å². The second-order valence-electron chi connectivity index (χ2n) is 11.0. The molecule has 0 aromatic carbocycles. The molecule has 3 fully saturated rings. The normalized spacial score (nSPS) is 19.2. The first-order chi connectivity index (χ1) is 19.6. The van der Waals surface area contributed by atoms with Crippen LogP contribution >= 0.6 is 11.3 Å². The summed E-state index contributed by atoms with van der Waals surface area (Å²) in [4.78, 5) is 19.4. The van der Waals surface area contributed by atoms with Crippen LogP contribution in [0.2, 0.25) is 4.44 Å². The Labute approximate surface area is 258 Å². The van der Waals surface area contributed by atoms with Crippen molar-refractivity contribution in [2.45, 2.75) is 96.6 Å². The van der Waals surface area contributed by atoms with E-state index in [1.807, 2.05) is 11.3 Å². The number of aromatic nitrogens is 2. The number of thiophene rings is 1. The first-order valence-corrected chi connectivity index (χ1v) is 20.3. The average molecular weight is 681 g/mol. The van der Waals surface area contributed by atoms with Crippen molar-refractivity contribution in [2.75, 3.05) is 70.6 Å². The van der Waals surface area contributed by atoms with Crippen molar-refractivity contribution in [3.8, 4) is 0 Å². The third-order valence-electron chi connectivity index (χ3n) is 7.53. The number of anilines is 1. The Bertz CT molecular complexity index is 939. The first-order valence-electron chi connectivity index (χ1n) is 16.0. The van der Waals surface area contributed by atoms with E-state index in [0.717, 1.165) is 65.2 Å². The van der Waals surface area contributed by atoms with Gasteiger partial charge in [0.15, 0.2) is 0 Å². The molecule has 2 aromatic heterocycles. The van der Waals surface area contributed by atoms with Crippen molar-refractivity contribution >= 4 is 52.4 Å². The zero-order chi connectivity index (χ0) is 28.6. The predicted octanol–water partition coefficient (Wildman–Crippen LogP) is 5.60. The van der Waals surface area contributed by atoms with E-state index in [9.17, 15) is 0 Å². The van der Waals surface area contributed by atoms with Crippen LogP contribution in [0.15, 0.2) is 6.07 Å². The van der Waals surface area contributed by atoms with Crippen molar-refractivity contribution in [1.29, 1.82) is 0 Å². The fourth-order valence-electron chi connectivity index (χ4n) is 5.09. The molecule has 3 aliphatic rings. The van der Waals surface area contributed by atoms with Gasteiger partial charge >= 0.3 is 195 Å². The number of rotatable bonds is 9. The standard InChI is InChI=1S/C20H28N5O2S.C4H10.C4H9.C3H8.Sn/c1-3-23(4-2-16(1)24-5-9-26-10-6-24)14-17-13-18-19(28-17)20(22-15-21-18)25-7-11-27-12-8-25;2*1-3-4-2;1-3-2;/h13,16H,1-12,14H2;3-4H2,1-2H3;1,3-4H2,2H3;3H2,1-2H3;. The van der Waals surface area contributed by atoms with Crippen LogP contribution in [0.5, 0.6) is 0 Å². The third-order valence-corrected chi connectivity index (χ3v) is 11.9. The van der Waals surface area contributed by atoms with Gasteiger partial charge in [-0.25, -0.2) is 0 Å². The minimum absolute atomic E-state index is 0.707. The molecular formula is C31H55N5O2SSn. The maximum absolute atomic E-state index is 5.61. The van der Waals surface area contributed by atoms with E-state index in [1.165, 1.54) is 87.2 Å². The Balaban J connectivity index is 0.000000569. The van der Waals surface area contributed by atoms with Gasteiger partial charge in [-0.05, 0) is 0 Å². The summed E-state index contributed by atoms with van der Waals surface area (Å²) in [5.74, 6) is 1.18. The van der Waals surface area contributed by atoms with Gasteiger partial charge in [-0.3, -0.25) is 0 Å². The molecule has 2 aromatic rings. The van der Waals surface area contributed by atoms with Crippen LogP contribution in [0.25, 0.3) is 10.2 Å². The number of likely N-dealkylation sites (tertiary alicyclic amines) is 1. The van der Waals surface area contributed by atoms with Crippen LogP contribution in [0.1, 0.15) is 84.4 Å². The molecule has 40 heavy (non-hydrogen) atoms. The van der Waals surface area contributed by atoms with Crippen molar-refractivity contribution < 1.29 is 9.47 Å². The Kier molecular flexibility index (Phi) is 16.7. The van der Waals surface area contributed by atoms with E-state index in [2.05, 4.69) is 55.4 Å². The van der Waals surface area contributed by atoms with E-state index < -0.39 is 21.1 Å². The minimum atomic E-state index is -0.707. The molecule has 0 N–H and O–H groups in total. The van der Waals surface area contributed by atoms with Gasteiger partial charge < -0.3 is 4.74 Å². The molecule has 3 saturated heterocycles. The van der Waals surface area contributed by atoms with Crippen LogP contribution < -0.4 is 8.74 Å². The Morgan fingerprint density at radius 1 is 0.850 bits per heavy atom. The summed E-state index contributed by atoms with van der Waals surface area (Å²) in [6, 6.07) is 3.10. The molecule has 0 amide bonds. The van der Waals surface area contributed by atoms with Crippen LogP contribution in [0, 0.1) is 0 Å². The summed E-state index contributed by atoms with van der Waals surface area (Å²) in [5.41, 5.74) is 1.18. The predicted molar refractivity (Wildman–Crippen MR) is 173 cm³/mol. The van der Waals surface area contributed by atoms with Crippen LogP contribution in [0.3, 0.4) is 0 Å². The topological polar surface area (TPSA) is 54.0 Å². The Morgan fingerprint density at radius 2 is 1.48 bits per heavy atom. The SMILES string of the molecule is CCC.CCCC.CCC[CH2][Sn][c]1nc(N2CCOCC2)c2sc(CN3CCC(N4CCOCC4)CC3)cc2n1. The van der Waals surface area contributed by atoms with E-state index in [1.54, 1.807) is 0 Å². The second-order valence-corrected chi connectivity index (χ2v) is 15.9. The van der Waals surface area contributed by atoms with Crippen molar-refractivity contribution in [2.24, 2.45) is 0 Å². The zero-order valence-corrected chi connectivity index (χ0v) is 29.7. The molecule has 5 rings (SSSR count). The van der Waals surface area contributed by atoms with Gasteiger partial charge in [0.1, 0.15) is 0 Å². The van der Waals surface area contributed by atoms with E-state index >= 15 is 0 Å². The zero-order valence-electron chi connectivity index (χ0n) is 26.1. The monoisotopic (exact) mass is 681 g/mol. The molecule has 0 atom stereocenters.